The van der Waals surface area contributed by atoms with Crippen molar-refractivity contribution in [3.8, 4) is 0 Å². The molecule has 98 valence electrons. The second-order valence-corrected chi connectivity index (χ2v) is 4.75. The summed E-state index contributed by atoms with van der Waals surface area (Å²) >= 11 is 0. The Bertz CT molecular complexity index is 593. The van der Waals surface area contributed by atoms with Gasteiger partial charge in [0.15, 0.2) is 0 Å². The van der Waals surface area contributed by atoms with Gasteiger partial charge in [-0.3, -0.25) is 4.79 Å². The summed E-state index contributed by atoms with van der Waals surface area (Å²) in [5.74, 6) is -0.264. The molecule has 3 N–H and O–H groups in total. The van der Waals surface area contributed by atoms with Crippen LogP contribution in [0.2, 0.25) is 0 Å². The minimum atomic E-state index is -0.232. The van der Waals surface area contributed by atoms with Gasteiger partial charge in [-0.15, -0.1) is 0 Å². The maximum Gasteiger partial charge on any atom is 0.231 e. The first kappa shape index (κ1) is 13.1. The number of carbonyl (C=O) groups is 1. The fourth-order valence-corrected chi connectivity index (χ4v) is 1.95. The number of rotatable bonds is 3. The molecular formula is C16H18N2O. The standard InChI is InChI=1S/C16H18N2O/c1-11-5-3-8-15(9-11)18-16(19)12(2)13-6-4-7-14(17)10-13/h3-10,12H,17H2,1-2H3,(H,18,19). The second-order valence-electron chi connectivity index (χ2n) is 4.75. The Kier molecular flexibility index (Phi) is 3.85. The first-order valence-corrected chi connectivity index (χ1v) is 6.29. The zero-order chi connectivity index (χ0) is 13.8. The van der Waals surface area contributed by atoms with E-state index in [1.807, 2.05) is 62.4 Å². The molecule has 1 atom stereocenters. The maximum atomic E-state index is 12.2. The summed E-state index contributed by atoms with van der Waals surface area (Å²) in [7, 11) is 0. The van der Waals surface area contributed by atoms with Gasteiger partial charge < -0.3 is 11.1 Å². The van der Waals surface area contributed by atoms with Crippen LogP contribution in [0.5, 0.6) is 0 Å². The highest BCUT2D eigenvalue weighted by Crippen LogP contribution is 2.20. The van der Waals surface area contributed by atoms with Crippen LogP contribution in [0.3, 0.4) is 0 Å². The molecule has 0 spiro atoms. The largest absolute Gasteiger partial charge is 0.399 e. The van der Waals surface area contributed by atoms with Gasteiger partial charge in [-0.05, 0) is 49.2 Å². The van der Waals surface area contributed by atoms with Crippen molar-refractivity contribution in [1.82, 2.24) is 0 Å². The average molecular weight is 254 g/mol. The van der Waals surface area contributed by atoms with Crippen molar-refractivity contribution in [2.75, 3.05) is 11.1 Å². The predicted octanol–water partition coefficient (Wildman–Crippen LogP) is 3.32. The summed E-state index contributed by atoms with van der Waals surface area (Å²) in [5.41, 5.74) is 9.27. The van der Waals surface area contributed by atoms with Crippen LogP contribution in [-0.2, 0) is 4.79 Å². The lowest BCUT2D eigenvalue weighted by molar-refractivity contribution is -0.117. The highest BCUT2D eigenvalue weighted by molar-refractivity contribution is 5.95. The molecule has 2 aromatic rings. The molecule has 0 fully saturated rings. The predicted molar refractivity (Wildman–Crippen MR) is 79.1 cm³/mol. The number of nitrogens with two attached hydrogens (primary N) is 1. The molecule has 2 aromatic carbocycles. The van der Waals surface area contributed by atoms with Gasteiger partial charge in [-0.25, -0.2) is 0 Å². The number of aryl methyl sites for hydroxylation is 1. The molecule has 0 heterocycles. The van der Waals surface area contributed by atoms with Gasteiger partial charge in [0.25, 0.3) is 0 Å². The van der Waals surface area contributed by atoms with Crippen LogP contribution in [-0.4, -0.2) is 5.91 Å². The van der Waals surface area contributed by atoms with Crippen molar-refractivity contribution in [2.45, 2.75) is 19.8 Å². The van der Waals surface area contributed by atoms with Crippen LogP contribution in [0, 0.1) is 6.92 Å². The van der Waals surface area contributed by atoms with Gasteiger partial charge >= 0.3 is 0 Å². The van der Waals surface area contributed by atoms with Crippen LogP contribution in [0.15, 0.2) is 48.5 Å². The molecule has 19 heavy (non-hydrogen) atoms. The van der Waals surface area contributed by atoms with E-state index in [0.29, 0.717) is 5.69 Å². The zero-order valence-corrected chi connectivity index (χ0v) is 11.2. The van der Waals surface area contributed by atoms with Crippen LogP contribution in [0.1, 0.15) is 24.0 Å². The van der Waals surface area contributed by atoms with E-state index in [4.69, 9.17) is 5.73 Å². The van der Waals surface area contributed by atoms with Crippen LogP contribution in [0.25, 0.3) is 0 Å². The smallest absolute Gasteiger partial charge is 0.231 e. The van der Waals surface area contributed by atoms with Crippen molar-refractivity contribution in [3.05, 3.63) is 59.7 Å². The quantitative estimate of drug-likeness (QED) is 0.825. The molecule has 3 heteroatoms. The third kappa shape index (κ3) is 3.35. The SMILES string of the molecule is Cc1cccc(NC(=O)C(C)c2cccc(N)c2)c1. The lowest BCUT2D eigenvalue weighted by atomic mass is 9.99. The monoisotopic (exact) mass is 254 g/mol. The molecule has 0 saturated carbocycles. The van der Waals surface area contributed by atoms with E-state index in [1.54, 1.807) is 0 Å². The van der Waals surface area contributed by atoms with E-state index in [-0.39, 0.29) is 11.8 Å². The molecule has 0 radical (unpaired) electrons. The molecule has 2 rings (SSSR count). The van der Waals surface area contributed by atoms with Gasteiger partial charge in [0.2, 0.25) is 5.91 Å². The van der Waals surface area contributed by atoms with Crippen LogP contribution < -0.4 is 11.1 Å². The molecule has 1 amide bonds. The lowest BCUT2D eigenvalue weighted by Gasteiger charge is -2.13. The van der Waals surface area contributed by atoms with Gasteiger partial charge in [-0.2, -0.15) is 0 Å². The molecular weight excluding hydrogens is 236 g/mol. The first-order valence-electron chi connectivity index (χ1n) is 6.29. The Morgan fingerprint density at radius 3 is 2.58 bits per heavy atom. The van der Waals surface area contributed by atoms with E-state index in [1.165, 1.54) is 0 Å². The summed E-state index contributed by atoms with van der Waals surface area (Å²) in [6.07, 6.45) is 0. The number of carbonyl (C=O) groups excluding carboxylic acids is 1. The minimum Gasteiger partial charge on any atom is -0.399 e. The van der Waals surface area contributed by atoms with E-state index in [9.17, 15) is 4.79 Å². The Hall–Kier alpha value is -2.29. The molecule has 3 nitrogen and oxygen atoms in total. The van der Waals surface area contributed by atoms with E-state index >= 15 is 0 Å². The summed E-state index contributed by atoms with van der Waals surface area (Å²) in [4.78, 5) is 12.2. The Morgan fingerprint density at radius 1 is 1.16 bits per heavy atom. The molecule has 0 aliphatic rings. The topological polar surface area (TPSA) is 55.1 Å². The summed E-state index contributed by atoms with van der Waals surface area (Å²) < 4.78 is 0. The van der Waals surface area contributed by atoms with Crippen molar-refractivity contribution in [2.24, 2.45) is 0 Å². The van der Waals surface area contributed by atoms with Crippen LogP contribution >= 0.6 is 0 Å². The molecule has 0 aliphatic heterocycles. The number of hydrogen-bond donors (Lipinski definition) is 2. The van der Waals surface area contributed by atoms with Crippen molar-refractivity contribution >= 4 is 17.3 Å². The van der Waals surface area contributed by atoms with E-state index < -0.39 is 0 Å². The highest BCUT2D eigenvalue weighted by Gasteiger charge is 2.15. The fourth-order valence-electron chi connectivity index (χ4n) is 1.95. The molecule has 1 unspecified atom stereocenters. The van der Waals surface area contributed by atoms with Crippen molar-refractivity contribution in [1.29, 1.82) is 0 Å². The molecule has 0 bridgehead atoms. The first-order chi connectivity index (χ1) is 9.06. The van der Waals surface area contributed by atoms with Gasteiger partial charge in [0.05, 0.1) is 5.92 Å². The highest BCUT2D eigenvalue weighted by atomic mass is 16.1. The molecule has 0 aliphatic carbocycles. The Balaban J connectivity index is 2.12. The zero-order valence-electron chi connectivity index (χ0n) is 11.2. The maximum absolute atomic E-state index is 12.2. The summed E-state index contributed by atoms with van der Waals surface area (Å²) in [6, 6.07) is 15.2. The van der Waals surface area contributed by atoms with Crippen molar-refractivity contribution in [3.63, 3.8) is 0 Å². The number of nitrogen functional groups attached to an aromatic ring is 1. The Labute approximate surface area is 113 Å². The summed E-state index contributed by atoms with van der Waals surface area (Å²) in [6.45, 7) is 3.87. The number of hydrogen-bond acceptors (Lipinski definition) is 2. The number of amides is 1. The second kappa shape index (κ2) is 5.57. The van der Waals surface area contributed by atoms with E-state index in [2.05, 4.69) is 5.32 Å². The van der Waals surface area contributed by atoms with Gasteiger partial charge in [0, 0.05) is 11.4 Å². The average Bonchev–Trinajstić information content (AvgIpc) is 2.38. The Morgan fingerprint density at radius 2 is 1.89 bits per heavy atom. The van der Waals surface area contributed by atoms with E-state index in [0.717, 1.165) is 16.8 Å². The number of nitrogens with one attached hydrogen (secondary N) is 1. The molecule has 0 aromatic heterocycles. The van der Waals surface area contributed by atoms with Gasteiger partial charge in [0.1, 0.15) is 0 Å². The van der Waals surface area contributed by atoms with Gasteiger partial charge in [-0.1, -0.05) is 24.3 Å². The van der Waals surface area contributed by atoms with Crippen LogP contribution in [0.4, 0.5) is 11.4 Å². The lowest BCUT2D eigenvalue weighted by Crippen LogP contribution is -2.18. The minimum absolute atomic E-state index is 0.0313. The third-order valence-corrected chi connectivity index (χ3v) is 3.09. The molecule has 0 saturated heterocycles. The third-order valence-electron chi connectivity index (χ3n) is 3.09. The normalized spacial score (nSPS) is 11.9. The summed E-state index contributed by atoms with van der Waals surface area (Å²) in [5, 5.41) is 2.92. The number of anilines is 2. The fraction of sp³-hybridized carbons (Fsp3) is 0.188. The van der Waals surface area contributed by atoms with Crippen molar-refractivity contribution < 1.29 is 4.79 Å². The number of benzene rings is 2.